The summed E-state index contributed by atoms with van der Waals surface area (Å²) < 4.78 is 5.91. The van der Waals surface area contributed by atoms with E-state index in [0.717, 1.165) is 51.4 Å². The highest BCUT2D eigenvalue weighted by Gasteiger charge is 2.40. The van der Waals surface area contributed by atoms with E-state index < -0.39 is 5.60 Å². The van der Waals surface area contributed by atoms with Crippen LogP contribution in [-0.2, 0) is 10.3 Å². The fourth-order valence-electron chi connectivity index (χ4n) is 3.94. The second-order valence-corrected chi connectivity index (χ2v) is 6.27. The van der Waals surface area contributed by atoms with Gasteiger partial charge in [-0.1, -0.05) is 12.8 Å². The molecular weight excluding hydrogens is 268 g/mol. The van der Waals surface area contributed by atoms with E-state index in [1.165, 1.54) is 0 Å². The van der Waals surface area contributed by atoms with Gasteiger partial charge in [0.15, 0.2) is 0 Å². The summed E-state index contributed by atoms with van der Waals surface area (Å²) in [6, 6.07) is 0. The molecule has 0 aromatic carbocycles. The fraction of sp³-hybridized carbons (Fsp3) is 0.750. The molecule has 2 saturated carbocycles. The van der Waals surface area contributed by atoms with Gasteiger partial charge < -0.3 is 14.8 Å². The van der Waals surface area contributed by atoms with Crippen molar-refractivity contribution in [1.82, 2.24) is 9.97 Å². The number of hydrogen-bond donors (Lipinski definition) is 2. The van der Waals surface area contributed by atoms with Gasteiger partial charge >= 0.3 is 0 Å². The second kappa shape index (κ2) is 5.79. The van der Waals surface area contributed by atoms with Crippen molar-refractivity contribution in [1.29, 1.82) is 0 Å². The van der Waals surface area contributed by atoms with Crippen molar-refractivity contribution in [3.8, 4) is 5.88 Å². The summed E-state index contributed by atoms with van der Waals surface area (Å²) in [7, 11) is 0. The minimum Gasteiger partial charge on any atom is -0.493 e. The zero-order valence-electron chi connectivity index (χ0n) is 12.7. The van der Waals surface area contributed by atoms with Crippen molar-refractivity contribution < 1.29 is 9.84 Å². The van der Waals surface area contributed by atoms with Crippen LogP contribution in [0.4, 0.5) is 0 Å². The molecule has 0 spiro atoms. The first-order valence-corrected chi connectivity index (χ1v) is 8.14. The first-order valence-electron chi connectivity index (χ1n) is 8.14. The van der Waals surface area contributed by atoms with Crippen molar-refractivity contribution >= 4 is 0 Å². The zero-order valence-corrected chi connectivity index (χ0v) is 12.7. The number of nitrogens with one attached hydrogen (secondary N) is 1. The van der Waals surface area contributed by atoms with E-state index in [0.29, 0.717) is 18.0 Å². The summed E-state index contributed by atoms with van der Waals surface area (Å²) in [5.41, 5.74) is -0.226. The molecule has 116 valence electrons. The van der Waals surface area contributed by atoms with Crippen molar-refractivity contribution in [2.45, 2.75) is 69.8 Å². The Morgan fingerprint density at radius 1 is 1.29 bits per heavy atom. The van der Waals surface area contributed by atoms with Gasteiger partial charge in [-0.3, -0.25) is 4.79 Å². The average Bonchev–Trinajstić information content (AvgIpc) is 3.10. The van der Waals surface area contributed by atoms with Gasteiger partial charge in [0, 0.05) is 6.61 Å². The number of aromatic amines is 1. The maximum atomic E-state index is 12.4. The lowest BCUT2D eigenvalue weighted by Crippen LogP contribution is -2.32. The van der Waals surface area contributed by atoms with E-state index in [-0.39, 0.29) is 17.4 Å². The van der Waals surface area contributed by atoms with Gasteiger partial charge in [-0.15, -0.1) is 0 Å². The number of H-pyrrole nitrogens is 1. The van der Waals surface area contributed by atoms with Crippen LogP contribution < -0.4 is 5.56 Å². The monoisotopic (exact) mass is 292 g/mol. The van der Waals surface area contributed by atoms with Crippen LogP contribution in [0.15, 0.2) is 4.79 Å². The Morgan fingerprint density at radius 3 is 2.52 bits per heavy atom. The lowest BCUT2D eigenvalue weighted by molar-refractivity contribution is -0.0462. The van der Waals surface area contributed by atoms with Gasteiger partial charge in [-0.25, -0.2) is 0 Å². The standard InChI is InChI=1S/C16H24N2O3/c1-2-21-16(9-5-6-10-16)15-17-13(19)12(14(20)18-15)11-7-3-4-8-11/h11H,2-10H2,1H3,(H2,17,18,19,20). The van der Waals surface area contributed by atoms with E-state index in [2.05, 4.69) is 9.97 Å². The predicted molar refractivity (Wildman–Crippen MR) is 79.5 cm³/mol. The number of nitrogens with zero attached hydrogens (tertiary/aromatic N) is 1. The molecule has 2 fully saturated rings. The lowest BCUT2D eigenvalue weighted by Gasteiger charge is -2.28. The van der Waals surface area contributed by atoms with Gasteiger partial charge in [-0.05, 0) is 51.4 Å². The van der Waals surface area contributed by atoms with Crippen molar-refractivity contribution in [2.75, 3.05) is 6.61 Å². The number of rotatable bonds is 4. The second-order valence-electron chi connectivity index (χ2n) is 6.27. The van der Waals surface area contributed by atoms with Crippen LogP contribution in [0.3, 0.4) is 0 Å². The van der Waals surface area contributed by atoms with Gasteiger partial charge in [0.1, 0.15) is 11.4 Å². The minimum atomic E-state index is -0.514. The maximum absolute atomic E-state index is 12.4. The van der Waals surface area contributed by atoms with Gasteiger partial charge in [0.2, 0.25) is 5.88 Å². The predicted octanol–water partition coefficient (Wildman–Crippen LogP) is 2.94. The van der Waals surface area contributed by atoms with Gasteiger partial charge in [-0.2, -0.15) is 4.98 Å². The highest BCUT2D eigenvalue weighted by molar-refractivity contribution is 5.28. The maximum Gasteiger partial charge on any atom is 0.258 e. The highest BCUT2D eigenvalue weighted by atomic mass is 16.5. The smallest absolute Gasteiger partial charge is 0.258 e. The molecule has 0 aliphatic heterocycles. The third-order valence-corrected chi connectivity index (χ3v) is 4.96. The third kappa shape index (κ3) is 2.59. The Labute approximate surface area is 124 Å². The molecule has 0 radical (unpaired) electrons. The van der Waals surface area contributed by atoms with Crippen LogP contribution in [0, 0.1) is 0 Å². The Kier molecular flexibility index (Phi) is 4.02. The van der Waals surface area contributed by atoms with E-state index in [1.807, 2.05) is 6.92 Å². The first kappa shape index (κ1) is 14.6. The summed E-state index contributed by atoms with van der Waals surface area (Å²) in [6.07, 6.45) is 8.01. The minimum absolute atomic E-state index is 0.0911. The number of ether oxygens (including phenoxy) is 1. The van der Waals surface area contributed by atoms with Crippen LogP contribution in [0.25, 0.3) is 0 Å². The Hall–Kier alpha value is -1.36. The van der Waals surface area contributed by atoms with E-state index in [4.69, 9.17) is 4.74 Å². The van der Waals surface area contributed by atoms with Crippen molar-refractivity contribution in [3.05, 3.63) is 21.7 Å². The van der Waals surface area contributed by atoms with Gasteiger partial charge in [0.25, 0.3) is 5.56 Å². The Bertz CT molecular complexity index is 555. The van der Waals surface area contributed by atoms with E-state index in [1.54, 1.807) is 0 Å². The fourth-order valence-corrected chi connectivity index (χ4v) is 3.94. The topological polar surface area (TPSA) is 75.2 Å². The normalized spacial score (nSPS) is 22.0. The molecule has 21 heavy (non-hydrogen) atoms. The molecule has 0 unspecified atom stereocenters. The molecule has 1 aromatic heterocycles. The van der Waals surface area contributed by atoms with Crippen LogP contribution in [0.5, 0.6) is 5.88 Å². The summed E-state index contributed by atoms with van der Waals surface area (Å²) >= 11 is 0. The number of hydrogen-bond acceptors (Lipinski definition) is 4. The van der Waals surface area contributed by atoms with Gasteiger partial charge in [0.05, 0.1) is 5.56 Å². The first-order chi connectivity index (χ1) is 10.2. The molecule has 0 atom stereocenters. The molecule has 2 aliphatic carbocycles. The van der Waals surface area contributed by atoms with Crippen LogP contribution >= 0.6 is 0 Å². The largest absolute Gasteiger partial charge is 0.493 e. The molecule has 2 N–H and O–H groups in total. The van der Waals surface area contributed by atoms with E-state index >= 15 is 0 Å². The van der Waals surface area contributed by atoms with Crippen molar-refractivity contribution in [3.63, 3.8) is 0 Å². The number of aromatic nitrogens is 2. The summed E-state index contributed by atoms with van der Waals surface area (Å²) in [5, 5.41) is 10.3. The molecule has 0 amide bonds. The molecule has 3 rings (SSSR count). The zero-order chi connectivity index (χ0) is 14.9. The summed E-state index contributed by atoms with van der Waals surface area (Å²) in [4.78, 5) is 19.7. The molecule has 1 aromatic rings. The van der Waals surface area contributed by atoms with Crippen molar-refractivity contribution in [2.24, 2.45) is 0 Å². The Balaban J connectivity index is 1.99. The molecule has 0 bridgehead atoms. The summed E-state index contributed by atoms with van der Waals surface area (Å²) in [6.45, 7) is 2.53. The highest BCUT2D eigenvalue weighted by Crippen LogP contribution is 2.42. The van der Waals surface area contributed by atoms with Crippen LogP contribution in [-0.4, -0.2) is 21.7 Å². The number of aromatic hydroxyl groups is 1. The lowest BCUT2D eigenvalue weighted by atomic mass is 9.98. The molecule has 0 saturated heterocycles. The molecule has 5 nitrogen and oxygen atoms in total. The van der Waals surface area contributed by atoms with Crippen LogP contribution in [0.1, 0.15) is 75.6 Å². The van der Waals surface area contributed by atoms with Crippen LogP contribution in [0.2, 0.25) is 0 Å². The van der Waals surface area contributed by atoms with E-state index in [9.17, 15) is 9.90 Å². The third-order valence-electron chi connectivity index (χ3n) is 4.96. The average molecular weight is 292 g/mol. The molecule has 1 heterocycles. The quantitative estimate of drug-likeness (QED) is 0.894. The SMILES string of the molecule is CCOC1(c2nc(O)c(C3CCCC3)c(=O)[nH]2)CCCC1. The molecular formula is C16H24N2O3. The molecule has 2 aliphatic rings. The summed E-state index contributed by atoms with van der Waals surface area (Å²) in [5.74, 6) is 0.569. The molecule has 5 heteroatoms. The Morgan fingerprint density at radius 2 is 1.95 bits per heavy atom.